The van der Waals surface area contributed by atoms with E-state index in [1.54, 1.807) is 15.9 Å². The molecule has 190 valence electrons. The summed E-state index contributed by atoms with van der Waals surface area (Å²) in [5.74, 6) is 0.542. The van der Waals surface area contributed by atoms with Crippen LogP contribution in [0.1, 0.15) is 34.7 Å². The van der Waals surface area contributed by atoms with Crippen molar-refractivity contribution in [2.24, 2.45) is 0 Å². The van der Waals surface area contributed by atoms with Crippen LogP contribution < -0.4 is 10.2 Å². The van der Waals surface area contributed by atoms with Crippen LogP contribution in [0.4, 0.5) is 5.82 Å². The SMILES string of the molecule is CN1c2cc(CCN3CC4CC3CO4)nn2CC[C@H](NC(=O)c2ncn(Cc3ccccc3)n2)C1O. The van der Waals surface area contributed by atoms with Gasteiger partial charge in [0.15, 0.2) is 0 Å². The van der Waals surface area contributed by atoms with Gasteiger partial charge in [-0.1, -0.05) is 30.3 Å². The summed E-state index contributed by atoms with van der Waals surface area (Å²) in [5.41, 5.74) is 2.09. The zero-order valence-corrected chi connectivity index (χ0v) is 20.4. The number of likely N-dealkylation sites (N-methyl/N-ethyl adjacent to an activating group) is 1. The summed E-state index contributed by atoms with van der Waals surface area (Å²) in [4.78, 5) is 21.3. The Balaban J connectivity index is 1.06. The molecule has 0 saturated carbocycles. The Morgan fingerprint density at radius 2 is 2.11 bits per heavy atom. The van der Waals surface area contributed by atoms with Crippen molar-refractivity contribution in [3.8, 4) is 0 Å². The fourth-order valence-corrected chi connectivity index (χ4v) is 5.48. The number of rotatable bonds is 7. The molecule has 1 aromatic carbocycles. The molecule has 3 unspecified atom stereocenters. The van der Waals surface area contributed by atoms with Gasteiger partial charge >= 0.3 is 0 Å². The van der Waals surface area contributed by atoms with Crippen molar-refractivity contribution in [1.82, 2.24) is 34.8 Å². The number of benzene rings is 1. The number of fused-ring (bicyclic) bond motifs is 3. The van der Waals surface area contributed by atoms with Gasteiger partial charge in [-0.3, -0.25) is 9.69 Å². The predicted molar refractivity (Wildman–Crippen MR) is 131 cm³/mol. The number of aliphatic hydroxyl groups is 1. The van der Waals surface area contributed by atoms with E-state index in [1.807, 2.05) is 48.1 Å². The number of hydrogen-bond donors (Lipinski definition) is 2. The Bertz CT molecular complexity index is 1210. The summed E-state index contributed by atoms with van der Waals surface area (Å²) < 4.78 is 9.26. The third kappa shape index (κ3) is 4.61. The summed E-state index contributed by atoms with van der Waals surface area (Å²) in [6.45, 7) is 3.95. The molecule has 11 nitrogen and oxygen atoms in total. The van der Waals surface area contributed by atoms with Gasteiger partial charge in [0.1, 0.15) is 18.4 Å². The van der Waals surface area contributed by atoms with Gasteiger partial charge in [-0.05, 0) is 18.4 Å². The lowest BCUT2D eigenvalue weighted by atomic mass is 10.1. The van der Waals surface area contributed by atoms with E-state index in [1.165, 1.54) is 0 Å². The highest BCUT2D eigenvalue weighted by Gasteiger charge is 2.38. The van der Waals surface area contributed by atoms with E-state index in [4.69, 9.17) is 9.84 Å². The molecule has 0 radical (unpaired) electrons. The monoisotopic (exact) mass is 492 g/mol. The molecule has 3 aromatic rings. The third-order valence-corrected chi connectivity index (χ3v) is 7.49. The molecule has 3 aliphatic heterocycles. The molecule has 2 bridgehead atoms. The number of aryl methyl sites for hydroxylation is 1. The van der Waals surface area contributed by atoms with Crippen molar-refractivity contribution in [3.05, 3.63) is 59.8 Å². The first kappa shape index (κ1) is 23.1. The number of aliphatic hydroxyl groups excluding tert-OH is 1. The third-order valence-electron chi connectivity index (χ3n) is 7.49. The largest absolute Gasteiger partial charge is 0.375 e. The minimum Gasteiger partial charge on any atom is -0.375 e. The Kier molecular flexibility index (Phi) is 6.20. The number of amides is 1. The highest BCUT2D eigenvalue weighted by atomic mass is 16.5. The van der Waals surface area contributed by atoms with Crippen LogP contribution in [0.25, 0.3) is 0 Å². The second-order valence-electron chi connectivity index (χ2n) is 9.95. The molecule has 36 heavy (non-hydrogen) atoms. The van der Waals surface area contributed by atoms with Crippen LogP contribution >= 0.6 is 0 Å². The summed E-state index contributed by atoms with van der Waals surface area (Å²) in [6.07, 6.45) is 3.61. The predicted octanol–water partition coefficient (Wildman–Crippen LogP) is 0.495. The number of morpholine rings is 1. The fourth-order valence-electron chi connectivity index (χ4n) is 5.48. The van der Waals surface area contributed by atoms with Crippen molar-refractivity contribution in [1.29, 1.82) is 0 Å². The molecule has 11 heteroatoms. The summed E-state index contributed by atoms with van der Waals surface area (Å²) in [6, 6.07) is 12.0. The van der Waals surface area contributed by atoms with Crippen LogP contribution in [0.5, 0.6) is 0 Å². The number of hydrogen-bond acceptors (Lipinski definition) is 8. The molecule has 2 saturated heterocycles. The van der Waals surface area contributed by atoms with Crippen LogP contribution in [0.15, 0.2) is 42.7 Å². The van der Waals surface area contributed by atoms with E-state index in [0.717, 1.165) is 49.6 Å². The molecule has 2 N–H and O–H groups in total. The number of aromatic nitrogens is 5. The van der Waals surface area contributed by atoms with E-state index in [2.05, 4.69) is 20.3 Å². The van der Waals surface area contributed by atoms with Crippen LogP contribution in [-0.4, -0.2) is 91.6 Å². The second kappa shape index (κ2) is 9.64. The number of ether oxygens (including phenoxy) is 1. The fraction of sp³-hybridized carbons (Fsp3) is 0.520. The topological polar surface area (TPSA) is 114 Å². The molecule has 5 heterocycles. The van der Waals surface area contributed by atoms with Crippen molar-refractivity contribution in [2.75, 3.05) is 31.6 Å². The maximum absolute atomic E-state index is 12.9. The van der Waals surface area contributed by atoms with Gasteiger partial charge in [0.25, 0.3) is 5.91 Å². The van der Waals surface area contributed by atoms with Gasteiger partial charge in [-0.15, -0.1) is 5.10 Å². The average molecular weight is 493 g/mol. The molecule has 6 rings (SSSR count). The van der Waals surface area contributed by atoms with Crippen LogP contribution in [-0.2, 0) is 24.2 Å². The molecule has 2 aromatic heterocycles. The zero-order chi connectivity index (χ0) is 24.6. The maximum Gasteiger partial charge on any atom is 0.291 e. The van der Waals surface area contributed by atoms with Gasteiger partial charge in [-0.25, -0.2) is 14.3 Å². The minimum atomic E-state index is -0.891. The van der Waals surface area contributed by atoms with E-state index < -0.39 is 18.2 Å². The number of nitrogens with zero attached hydrogens (tertiary/aromatic N) is 7. The standard InChI is InChI=1S/C25H32N8O3/c1-30-22-11-18(7-9-31-14-20-12-19(31)15-36-20)28-33(22)10-8-21(25(30)35)27-24(34)23-26-16-32(29-23)13-17-5-3-2-4-6-17/h2-6,11,16,19-21,25,35H,7-10,12-15H2,1H3,(H,27,34)/t19?,20?,21-,25?/m0/s1. The van der Waals surface area contributed by atoms with Crippen molar-refractivity contribution < 1.29 is 14.6 Å². The highest BCUT2D eigenvalue weighted by molar-refractivity contribution is 5.90. The molecule has 4 atom stereocenters. The van der Waals surface area contributed by atoms with Gasteiger partial charge < -0.3 is 20.1 Å². The van der Waals surface area contributed by atoms with Crippen LogP contribution in [0, 0.1) is 0 Å². The lowest BCUT2D eigenvalue weighted by Crippen LogP contribution is -2.50. The Labute approximate surface area is 209 Å². The van der Waals surface area contributed by atoms with Crippen molar-refractivity contribution in [3.63, 3.8) is 0 Å². The average Bonchev–Trinajstić information content (AvgIpc) is 3.68. The second-order valence-corrected chi connectivity index (χ2v) is 9.95. The zero-order valence-electron chi connectivity index (χ0n) is 20.4. The number of anilines is 1. The molecule has 3 aliphatic rings. The Morgan fingerprint density at radius 3 is 2.89 bits per heavy atom. The van der Waals surface area contributed by atoms with Crippen molar-refractivity contribution >= 4 is 11.7 Å². The first-order valence-electron chi connectivity index (χ1n) is 12.6. The Morgan fingerprint density at radius 1 is 1.25 bits per heavy atom. The van der Waals surface area contributed by atoms with Gasteiger partial charge in [0, 0.05) is 45.2 Å². The number of carbonyl (C=O) groups excluding carboxylic acids is 1. The lowest BCUT2D eigenvalue weighted by Gasteiger charge is -2.29. The van der Waals surface area contributed by atoms with Crippen LogP contribution in [0.2, 0.25) is 0 Å². The lowest BCUT2D eigenvalue weighted by molar-refractivity contribution is 0.0310. The molecular formula is C25H32N8O3. The number of nitrogens with one attached hydrogen (secondary N) is 1. The Hall–Kier alpha value is -3.28. The van der Waals surface area contributed by atoms with Crippen molar-refractivity contribution in [2.45, 2.75) is 56.8 Å². The van der Waals surface area contributed by atoms with Crippen LogP contribution in [0.3, 0.4) is 0 Å². The first-order chi connectivity index (χ1) is 17.5. The van der Waals surface area contributed by atoms with E-state index in [0.29, 0.717) is 31.7 Å². The highest BCUT2D eigenvalue weighted by Crippen LogP contribution is 2.28. The maximum atomic E-state index is 12.9. The molecular weight excluding hydrogens is 460 g/mol. The smallest absolute Gasteiger partial charge is 0.291 e. The van der Waals surface area contributed by atoms with Gasteiger partial charge in [0.05, 0.1) is 31.0 Å². The van der Waals surface area contributed by atoms with E-state index in [9.17, 15) is 9.90 Å². The van der Waals surface area contributed by atoms with Gasteiger partial charge in [0.2, 0.25) is 5.82 Å². The quantitative estimate of drug-likeness (QED) is 0.490. The first-order valence-corrected chi connectivity index (χ1v) is 12.6. The molecule has 1 amide bonds. The molecule has 0 aliphatic carbocycles. The molecule has 0 spiro atoms. The van der Waals surface area contributed by atoms with Gasteiger partial charge in [-0.2, -0.15) is 5.10 Å². The summed E-state index contributed by atoms with van der Waals surface area (Å²) in [7, 11) is 1.83. The molecule has 2 fully saturated rings. The normalized spacial score (nSPS) is 25.7. The summed E-state index contributed by atoms with van der Waals surface area (Å²) in [5, 5.41) is 23.1. The van der Waals surface area contributed by atoms with E-state index in [-0.39, 0.29) is 5.82 Å². The number of carbonyl (C=O) groups is 1. The van der Waals surface area contributed by atoms with E-state index >= 15 is 0 Å². The number of likely N-dealkylation sites (tertiary alicyclic amines) is 1. The minimum absolute atomic E-state index is 0.0890. The summed E-state index contributed by atoms with van der Waals surface area (Å²) >= 11 is 0.